The Kier molecular flexibility index (Phi) is 0.806. The number of hydrogen-bond acceptors (Lipinski definition) is 3. The summed E-state index contributed by atoms with van der Waals surface area (Å²) in [6.07, 6.45) is 0. The first-order valence-corrected chi connectivity index (χ1v) is 1.12. The van der Waals surface area contributed by atoms with Crippen LogP contribution in [0.15, 0.2) is 0 Å². The number of hydrogen-bond donors (Lipinski definition) is 0. The van der Waals surface area contributed by atoms with E-state index in [4.69, 9.17) is 0 Å². The van der Waals surface area contributed by atoms with E-state index in [2.05, 4.69) is 20.4 Å². The molecule has 4 heteroatoms. The molecule has 0 aromatic heterocycles. The molecule has 4 nitrogen and oxygen atoms in total. The van der Waals surface area contributed by atoms with Crippen LogP contribution in [0.4, 0.5) is 0 Å². The van der Waals surface area contributed by atoms with Gasteiger partial charge >= 0.3 is 0 Å². The molecule has 0 aromatic rings. The Hall–Kier alpha value is -0.160. The summed E-state index contributed by atoms with van der Waals surface area (Å²) in [5, 5.41) is 3.78. The van der Waals surface area contributed by atoms with E-state index in [1.807, 2.05) is 0 Å². The van der Waals surface area contributed by atoms with Gasteiger partial charge in [0.25, 0.3) is 0 Å². The molecule has 29 valence electrons. The zero-order chi connectivity index (χ0) is 3.54. The summed E-state index contributed by atoms with van der Waals surface area (Å²) in [5.74, 6) is 0. The zero-order valence-corrected chi connectivity index (χ0v) is 2.38. The second-order valence-corrected chi connectivity index (χ2v) is 0.519. The highest BCUT2D eigenvalue weighted by Crippen LogP contribution is 1.84. The lowest BCUT2D eigenvalue weighted by Gasteiger charge is -1.70. The standard InChI is InChI=1S/CH2NO3/c1-2-4-5-3-1/h1H2. The average molecular weight is 76.0 g/mol. The number of hydroxylamine groups is 1. The van der Waals surface area contributed by atoms with Gasteiger partial charge in [0, 0.05) is 0 Å². The van der Waals surface area contributed by atoms with Crippen molar-refractivity contribution in [2.45, 2.75) is 0 Å². The second kappa shape index (κ2) is 1.32. The van der Waals surface area contributed by atoms with Crippen LogP contribution in [-0.4, -0.2) is 6.73 Å². The van der Waals surface area contributed by atoms with Gasteiger partial charge in [0.15, 0.2) is 6.73 Å². The quantitative estimate of drug-likeness (QED) is 0.360. The molecule has 1 saturated heterocycles. The topological polar surface area (TPSA) is 41.8 Å². The van der Waals surface area contributed by atoms with Gasteiger partial charge in [0.05, 0.1) is 0 Å². The molecule has 0 aliphatic carbocycles. The summed E-state index contributed by atoms with van der Waals surface area (Å²) >= 11 is 0. The highest BCUT2D eigenvalue weighted by Gasteiger charge is 1.98. The maximum atomic E-state index is 4.06. The van der Waals surface area contributed by atoms with Crippen LogP contribution in [0.3, 0.4) is 0 Å². The molecular formula is CH2NO3. The first-order chi connectivity index (χ1) is 2.50. The van der Waals surface area contributed by atoms with Crippen molar-refractivity contribution in [1.82, 2.24) is 5.48 Å². The molecule has 1 radical (unpaired) electrons. The molecule has 0 N–H and O–H groups in total. The molecule has 0 atom stereocenters. The molecular weight excluding hydrogens is 74.0 g/mol. The van der Waals surface area contributed by atoms with E-state index in [1.165, 1.54) is 0 Å². The van der Waals surface area contributed by atoms with Gasteiger partial charge in [-0.1, -0.05) is 4.99 Å². The van der Waals surface area contributed by atoms with Gasteiger partial charge in [-0.25, -0.2) is 0 Å². The van der Waals surface area contributed by atoms with Crippen LogP contribution in [0.1, 0.15) is 0 Å². The molecule has 1 fully saturated rings. The van der Waals surface area contributed by atoms with Gasteiger partial charge in [0.1, 0.15) is 0 Å². The van der Waals surface area contributed by atoms with E-state index in [-0.39, 0.29) is 6.73 Å². The molecule has 0 spiro atoms. The van der Waals surface area contributed by atoms with E-state index in [0.29, 0.717) is 0 Å². The van der Waals surface area contributed by atoms with E-state index in [0.717, 1.165) is 0 Å². The van der Waals surface area contributed by atoms with E-state index < -0.39 is 0 Å². The van der Waals surface area contributed by atoms with E-state index in [9.17, 15) is 0 Å². The lowest BCUT2D eigenvalue weighted by molar-refractivity contribution is -0.465. The van der Waals surface area contributed by atoms with Gasteiger partial charge in [-0.3, -0.25) is 0 Å². The smallest absolute Gasteiger partial charge is 0.182 e. The van der Waals surface area contributed by atoms with Crippen LogP contribution in [0, 0.1) is 0 Å². The molecule has 0 saturated carbocycles. The minimum absolute atomic E-state index is 0.181. The van der Waals surface area contributed by atoms with Crippen molar-refractivity contribution >= 4 is 0 Å². The minimum atomic E-state index is 0.181. The fourth-order valence-electron chi connectivity index (χ4n) is 0.108. The Labute approximate surface area is 28.4 Å². The van der Waals surface area contributed by atoms with Crippen molar-refractivity contribution in [2.24, 2.45) is 0 Å². The molecule has 1 heterocycles. The van der Waals surface area contributed by atoms with Crippen molar-refractivity contribution < 1.29 is 14.9 Å². The number of nitrogens with zero attached hydrogens (tertiary/aromatic N) is 1. The third-order valence-corrected chi connectivity index (χ3v) is 0.237. The molecule has 5 heavy (non-hydrogen) atoms. The predicted molar refractivity (Wildman–Crippen MR) is 10.3 cm³/mol. The van der Waals surface area contributed by atoms with Crippen molar-refractivity contribution in [2.75, 3.05) is 6.73 Å². The summed E-state index contributed by atoms with van der Waals surface area (Å²) in [4.78, 5) is 7.90. The second-order valence-electron chi connectivity index (χ2n) is 0.519. The largest absolute Gasteiger partial charge is 0.185 e. The fourth-order valence-corrected chi connectivity index (χ4v) is 0.108. The highest BCUT2D eigenvalue weighted by molar-refractivity contribution is 3.95. The summed E-state index contributed by atoms with van der Waals surface area (Å²) in [6.45, 7) is 0.181. The first-order valence-electron chi connectivity index (χ1n) is 1.12. The Morgan fingerprint density at radius 1 is 1.60 bits per heavy atom. The van der Waals surface area contributed by atoms with Crippen LogP contribution >= 0.6 is 0 Å². The normalized spacial score (nSPS) is 24.0. The zero-order valence-electron chi connectivity index (χ0n) is 2.38. The average Bonchev–Trinajstić information content (AvgIpc) is 1.76. The molecule has 0 aromatic carbocycles. The first kappa shape index (κ1) is 3.05. The minimum Gasteiger partial charge on any atom is -0.185 e. The lowest BCUT2D eigenvalue weighted by atomic mass is 11.4. The Morgan fingerprint density at radius 2 is 2.60 bits per heavy atom. The Morgan fingerprint density at radius 3 is 2.80 bits per heavy atom. The molecule has 0 unspecified atom stereocenters. The molecule has 1 aliphatic rings. The molecule has 0 bridgehead atoms. The van der Waals surface area contributed by atoms with Crippen LogP contribution in [0.5, 0.6) is 0 Å². The SMILES string of the molecule is C1[N]OOO1. The lowest BCUT2D eigenvalue weighted by Crippen LogP contribution is -1.90. The summed E-state index contributed by atoms with van der Waals surface area (Å²) < 4.78 is 0. The summed E-state index contributed by atoms with van der Waals surface area (Å²) in [6, 6.07) is 0. The highest BCUT2D eigenvalue weighted by atomic mass is 17.6. The molecule has 1 aliphatic heterocycles. The summed E-state index contributed by atoms with van der Waals surface area (Å²) in [5.41, 5.74) is 3.14. The van der Waals surface area contributed by atoms with Crippen molar-refractivity contribution in [3.63, 3.8) is 0 Å². The predicted octanol–water partition coefficient (Wildman–Crippen LogP) is -0.643. The van der Waals surface area contributed by atoms with E-state index in [1.54, 1.807) is 0 Å². The fraction of sp³-hybridized carbons (Fsp3) is 1.00. The van der Waals surface area contributed by atoms with Gasteiger partial charge in [-0.15, -0.1) is 0 Å². The molecule has 1 rings (SSSR count). The van der Waals surface area contributed by atoms with Gasteiger partial charge in [-0.05, 0) is 10.5 Å². The Bertz CT molecular complexity index is 18.5. The third kappa shape index (κ3) is 0.555. The van der Waals surface area contributed by atoms with Crippen LogP contribution in [0.25, 0.3) is 0 Å². The van der Waals surface area contributed by atoms with Crippen molar-refractivity contribution in [3.8, 4) is 0 Å². The summed E-state index contributed by atoms with van der Waals surface area (Å²) in [7, 11) is 0. The van der Waals surface area contributed by atoms with Crippen LogP contribution < -0.4 is 5.48 Å². The maximum Gasteiger partial charge on any atom is 0.182 e. The maximum absolute atomic E-state index is 4.06. The number of rotatable bonds is 0. The van der Waals surface area contributed by atoms with Crippen molar-refractivity contribution in [1.29, 1.82) is 0 Å². The van der Waals surface area contributed by atoms with Gasteiger partial charge < -0.3 is 0 Å². The van der Waals surface area contributed by atoms with Gasteiger partial charge in [-0.2, -0.15) is 4.89 Å². The monoisotopic (exact) mass is 76.0 g/mol. The van der Waals surface area contributed by atoms with E-state index >= 15 is 0 Å². The van der Waals surface area contributed by atoms with Gasteiger partial charge in [0.2, 0.25) is 0 Å². The van der Waals surface area contributed by atoms with Crippen LogP contribution in [-0.2, 0) is 14.9 Å². The van der Waals surface area contributed by atoms with Crippen molar-refractivity contribution in [3.05, 3.63) is 0 Å². The third-order valence-electron chi connectivity index (χ3n) is 0.237. The van der Waals surface area contributed by atoms with Crippen LogP contribution in [0.2, 0.25) is 0 Å². The Balaban J connectivity index is 2.08. The molecule has 0 amide bonds.